The van der Waals surface area contributed by atoms with Crippen molar-refractivity contribution in [2.45, 2.75) is 44.6 Å². The highest BCUT2D eigenvalue weighted by atomic mass is 32.1. The van der Waals surface area contributed by atoms with E-state index in [0.29, 0.717) is 19.0 Å². The zero-order valence-corrected chi connectivity index (χ0v) is 15.4. The number of benzene rings is 1. The van der Waals surface area contributed by atoms with Gasteiger partial charge in [-0.1, -0.05) is 25.0 Å². The highest BCUT2D eigenvalue weighted by molar-refractivity contribution is 7.15. The molecule has 26 heavy (non-hydrogen) atoms. The number of amides is 1. The first-order valence-corrected chi connectivity index (χ1v) is 10.0. The molecule has 1 amide bonds. The number of carbonyl (C=O) groups excluding carboxylic acids is 1. The van der Waals surface area contributed by atoms with E-state index in [0.717, 1.165) is 35.5 Å². The van der Waals surface area contributed by atoms with Crippen LogP contribution >= 0.6 is 11.3 Å². The molecule has 0 unspecified atom stereocenters. The summed E-state index contributed by atoms with van der Waals surface area (Å²) in [5.41, 5.74) is 1.89. The van der Waals surface area contributed by atoms with Crippen LogP contribution in [0.1, 0.15) is 36.9 Å². The molecule has 0 bridgehead atoms. The van der Waals surface area contributed by atoms with Gasteiger partial charge in [0.15, 0.2) is 4.96 Å². The lowest BCUT2D eigenvalue weighted by Gasteiger charge is -2.29. The second-order valence-corrected chi connectivity index (χ2v) is 7.78. The summed E-state index contributed by atoms with van der Waals surface area (Å²) in [5.74, 6) is -0.0815. The van der Waals surface area contributed by atoms with Gasteiger partial charge in [0.1, 0.15) is 5.82 Å². The van der Waals surface area contributed by atoms with E-state index in [1.165, 1.54) is 25.0 Å². The largest absolute Gasteiger partial charge is 0.339 e. The summed E-state index contributed by atoms with van der Waals surface area (Å²) in [7, 11) is 0. The molecule has 0 aliphatic heterocycles. The van der Waals surface area contributed by atoms with Crippen molar-refractivity contribution < 1.29 is 9.18 Å². The van der Waals surface area contributed by atoms with Gasteiger partial charge in [-0.25, -0.2) is 9.37 Å². The SMILES string of the molecule is O=C(Cc1cn2ccsc2n1)N(CCc1ccc(F)cc1)C1CCCC1. The molecule has 2 heterocycles. The first kappa shape index (κ1) is 17.2. The lowest BCUT2D eigenvalue weighted by atomic mass is 10.1. The van der Waals surface area contributed by atoms with Crippen LogP contribution in [-0.2, 0) is 17.6 Å². The normalized spacial score (nSPS) is 15.0. The van der Waals surface area contributed by atoms with Crippen molar-refractivity contribution in [2.24, 2.45) is 0 Å². The molecule has 0 saturated heterocycles. The Morgan fingerprint density at radius 1 is 1.27 bits per heavy atom. The topological polar surface area (TPSA) is 37.6 Å². The Bertz CT molecular complexity index is 851. The Kier molecular flexibility index (Phi) is 5.02. The van der Waals surface area contributed by atoms with Crippen LogP contribution in [-0.4, -0.2) is 32.8 Å². The summed E-state index contributed by atoms with van der Waals surface area (Å²) in [4.78, 5) is 20.5. The van der Waals surface area contributed by atoms with Gasteiger partial charge in [0, 0.05) is 30.4 Å². The molecule has 136 valence electrons. The molecule has 0 N–H and O–H groups in total. The quantitative estimate of drug-likeness (QED) is 0.654. The third-order valence-corrected chi connectivity index (χ3v) is 5.89. The Labute approximate surface area is 156 Å². The van der Waals surface area contributed by atoms with Gasteiger partial charge in [-0.05, 0) is 37.0 Å². The first-order valence-electron chi connectivity index (χ1n) is 9.14. The number of nitrogens with zero attached hydrogens (tertiary/aromatic N) is 3. The molecule has 1 saturated carbocycles. The first-order chi connectivity index (χ1) is 12.7. The van der Waals surface area contributed by atoms with Gasteiger partial charge < -0.3 is 4.90 Å². The molecule has 3 aromatic rings. The maximum absolute atomic E-state index is 13.1. The summed E-state index contributed by atoms with van der Waals surface area (Å²) in [5, 5.41) is 1.99. The van der Waals surface area contributed by atoms with Crippen LogP contribution in [0.3, 0.4) is 0 Å². The zero-order chi connectivity index (χ0) is 17.9. The average Bonchev–Trinajstić information content (AvgIpc) is 3.34. The molecule has 0 atom stereocenters. The van der Waals surface area contributed by atoms with Crippen molar-refractivity contribution in [3.05, 3.63) is 59.1 Å². The zero-order valence-electron chi connectivity index (χ0n) is 14.6. The van der Waals surface area contributed by atoms with Crippen molar-refractivity contribution in [3.63, 3.8) is 0 Å². The molecule has 4 nitrogen and oxygen atoms in total. The van der Waals surface area contributed by atoms with Gasteiger partial charge in [0.2, 0.25) is 5.91 Å². The van der Waals surface area contributed by atoms with Crippen molar-refractivity contribution in [3.8, 4) is 0 Å². The fraction of sp³-hybridized carbons (Fsp3) is 0.400. The molecule has 2 aromatic heterocycles. The smallest absolute Gasteiger partial charge is 0.228 e. The van der Waals surface area contributed by atoms with Gasteiger partial charge in [0.25, 0.3) is 0 Å². The van der Waals surface area contributed by atoms with E-state index in [2.05, 4.69) is 4.98 Å². The molecule has 0 radical (unpaired) electrons. The third kappa shape index (κ3) is 3.80. The molecule has 1 fully saturated rings. The molecule has 1 aromatic carbocycles. The van der Waals surface area contributed by atoms with Gasteiger partial charge in [-0.15, -0.1) is 11.3 Å². The summed E-state index contributed by atoms with van der Waals surface area (Å²) in [6.07, 6.45) is 9.52. The van der Waals surface area contributed by atoms with E-state index >= 15 is 0 Å². The van der Waals surface area contributed by atoms with Crippen LogP contribution in [0.2, 0.25) is 0 Å². The third-order valence-electron chi connectivity index (χ3n) is 5.12. The number of fused-ring (bicyclic) bond motifs is 1. The van der Waals surface area contributed by atoms with E-state index in [1.807, 2.05) is 27.1 Å². The number of aromatic nitrogens is 2. The second kappa shape index (κ2) is 7.58. The lowest BCUT2D eigenvalue weighted by Crippen LogP contribution is -2.41. The van der Waals surface area contributed by atoms with Crippen LogP contribution in [0.5, 0.6) is 0 Å². The Morgan fingerprint density at radius 2 is 2.04 bits per heavy atom. The van der Waals surface area contributed by atoms with E-state index in [9.17, 15) is 9.18 Å². The van der Waals surface area contributed by atoms with Crippen LogP contribution in [0.4, 0.5) is 4.39 Å². The summed E-state index contributed by atoms with van der Waals surface area (Å²) in [6.45, 7) is 0.678. The van der Waals surface area contributed by atoms with Crippen molar-refractivity contribution >= 4 is 22.2 Å². The molecule has 0 spiro atoms. The molecule has 4 rings (SSSR count). The summed E-state index contributed by atoms with van der Waals surface area (Å²) in [6, 6.07) is 6.89. The van der Waals surface area contributed by atoms with Crippen molar-refractivity contribution in [1.29, 1.82) is 0 Å². The maximum atomic E-state index is 13.1. The lowest BCUT2D eigenvalue weighted by molar-refractivity contribution is -0.132. The summed E-state index contributed by atoms with van der Waals surface area (Å²) >= 11 is 1.57. The molecule has 1 aliphatic carbocycles. The van der Waals surface area contributed by atoms with Crippen molar-refractivity contribution in [2.75, 3.05) is 6.54 Å². The van der Waals surface area contributed by atoms with E-state index < -0.39 is 0 Å². The molecular formula is C20H22FN3OS. The average molecular weight is 371 g/mol. The standard InChI is InChI=1S/C20H22FN3OS/c21-16-7-5-15(6-8-16)9-10-24(18-3-1-2-4-18)19(25)13-17-14-23-11-12-26-20(23)22-17/h5-8,11-12,14,18H,1-4,9-10,13H2. The monoisotopic (exact) mass is 371 g/mol. The minimum Gasteiger partial charge on any atom is -0.339 e. The fourth-order valence-corrected chi connectivity index (χ4v) is 4.46. The van der Waals surface area contributed by atoms with Gasteiger partial charge >= 0.3 is 0 Å². The highest BCUT2D eigenvalue weighted by Crippen LogP contribution is 2.25. The number of hydrogen-bond acceptors (Lipinski definition) is 3. The predicted octanol–water partition coefficient (Wildman–Crippen LogP) is 4.09. The number of halogens is 1. The van der Waals surface area contributed by atoms with Gasteiger partial charge in [0.05, 0.1) is 12.1 Å². The minimum atomic E-state index is -0.225. The number of imidazole rings is 1. The van der Waals surface area contributed by atoms with E-state index in [1.54, 1.807) is 23.5 Å². The number of thiazole rings is 1. The Hall–Kier alpha value is -2.21. The van der Waals surface area contributed by atoms with Crippen LogP contribution in [0, 0.1) is 5.82 Å². The Morgan fingerprint density at radius 3 is 2.77 bits per heavy atom. The molecular weight excluding hydrogens is 349 g/mol. The minimum absolute atomic E-state index is 0.143. The predicted molar refractivity (Wildman–Crippen MR) is 101 cm³/mol. The van der Waals surface area contributed by atoms with E-state index in [-0.39, 0.29) is 11.7 Å². The van der Waals surface area contributed by atoms with Gasteiger partial charge in [-0.2, -0.15) is 0 Å². The fourth-order valence-electron chi connectivity index (χ4n) is 3.75. The second-order valence-electron chi connectivity index (χ2n) is 6.90. The van der Waals surface area contributed by atoms with Crippen molar-refractivity contribution in [1.82, 2.24) is 14.3 Å². The number of rotatable bonds is 6. The number of carbonyl (C=O) groups is 1. The van der Waals surface area contributed by atoms with E-state index in [4.69, 9.17) is 0 Å². The Balaban J connectivity index is 1.45. The highest BCUT2D eigenvalue weighted by Gasteiger charge is 2.27. The maximum Gasteiger partial charge on any atom is 0.228 e. The summed E-state index contributed by atoms with van der Waals surface area (Å²) < 4.78 is 15.1. The van der Waals surface area contributed by atoms with Gasteiger partial charge in [-0.3, -0.25) is 9.20 Å². The van der Waals surface area contributed by atoms with Crippen LogP contribution in [0.25, 0.3) is 4.96 Å². The van der Waals surface area contributed by atoms with Crippen LogP contribution in [0.15, 0.2) is 42.0 Å². The molecule has 6 heteroatoms. The molecule has 1 aliphatic rings. The van der Waals surface area contributed by atoms with Crippen LogP contribution < -0.4 is 0 Å². The number of hydrogen-bond donors (Lipinski definition) is 0.